The molecule has 0 bridgehead atoms. The lowest BCUT2D eigenvalue weighted by atomic mass is 10.1. The fraction of sp³-hybridized carbons (Fsp3) is 0.350. The largest absolute Gasteiger partial charge is 0.370 e. The minimum Gasteiger partial charge on any atom is -0.370 e. The number of nitrogens with two attached hydrogens (primary N) is 1. The van der Waals surface area contributed by atoms with Crippen LogP contribution in [0, 0.1) is 0 Å². The first kappa shape index (κ1) is 19.4. The number of hydrogen-bond acceptors (Lipinski definition) is 4. The number of rotatable bonds is 6. The highest BCUT2D eigenvalue weighted by atomic mass is 32.2. The number of sulfonamides is 1. The van der Waals surface area contributed by atoms with E-state index < -0.39 is 10.0 Å². The van der Waals surface area contributed by atoms with E-state index in [2.05, 4.69) is 10.2 Å². The summed E-state index contributed by atoms with van der Waals surface area (Å²) in [5.41, 5.74) is 2.80. The minimum atomic E-state index is -3.69. The molecule has 7 heteroatoms. The van der Waals surface area contributed by atoms with Crippen molar-refractivity contribution in [2.75, 3.05) is 23.3 Å². The molecule has 27 heavy (non-hydrogen) atoms. The van der Waals surface area contributed by atoms with E-state index >= 15 is 0 Å². The quantitative estimate of drug-likeness (QED) is 0.797. The molecule has 0 saturated carbocycles. The van der Waals surface area contributed by atoms with Gasteiger partial charge in [0, 0.05) is 19.5 Å². The van der Waals surface area contributed by atoms with Crippen LogP contribution in [-0.4, -0.2) is 27.4 Å². The second kappa shape index (κ2) is 8.54. The number of carbonyl (C=O) groups is 1. The highest BCUT2D eigenvalue weighted by Gasteiger charge is 2.15. The average molecular weight is 388 g/mol. The van der Waals surface area contributed by atoms with Gasteiger partial charge in [-0.25, -0.2) is 13.6 Å². The molecule has 144 valence electrons. The summed E-state index contributed by atoms with van der Waals surface area (Å²) >= 11 is 0. The van der Waals surface area contributed by atoms with Gasteiger partial charge in [-0.15, -0.1) is 0 Å². The molecule has 3 rings (SSSR count). The van der Waals surface area contributed by atoms with Crippen LogP contribution in [-0.2, 0) is 21.2 Å². The number of anilines is 2. The Hall–Kier alpha value is -2.38. The van der Waals surface area contributed by atoms with Crippen molar-refractivity contribution in [3.63, 3.8) is 0 Å². The Labute approximate surface area is 160 Å². The van der Waals surface area contributed by atoms with Crippen LogP contribution in [0.1, 0.15) is 31.2 Å². The maximum absolute atomic E-state index is 12.4. The van der Waals surface area contributed by atoms with Gasteiger partial charge in [-0.05, 0) is 55.5 Å². The molecule has 1 aliphatic heterocycles. The van der Waals surface area contributed by atoms with E-state index in [0.717, 1.165) is 30.0 Å². The molecule has 0 radical (unpaired) electrons. The summed E-state index contributed by atoms with van der Waals surface area (Å²) in [4.78, 5) is 14.8. The predicted octanol–water partition coefficient (Wildman–Crippen LogP) is 2.90. The van der Waals surface area contributed by atoms with Crippen molar-refractivity contribution in [2.24, 2.45) is 5.14 Å². The first-order chi connectivity index (χ1) is 12.9. The Morgan fingerprint density at radius 2 is 1.67 bits per heavy atom. The van der Waals surface area contributed by atoms with Crippen LogP contribution >= 0.6 is 0 Å². The SMILES string of the molecule is NS(=O)(=O)c1ccc(CCC(=O)Nc2ccccc2N2CCCCC2)cc1. The monoisotopic (exact) mass is 387 g/mol. The molecule has 2 aromatic rings. The first-order valence-electron chi connectivity index (χ1n) is 9.19. The van der Waals surface area contributed by atoms with E-state index in [1.807, 2.05) is 24.3 Å². The van der Waals surface area contributed by atoms with Crippen LogP contribution in [0.5, 0.6) is 0 Å². The zero-order valence-electron chi connectivity index (χ0n) is 15.2. The number of hydrogen-bond donors (Lipinski definition) is 2. The molecule has 6 nitrogen and oxygen atoms in total. The molecule has 3 N–H and O–H groups in total. The van der Waals surface area contributed by atoms with Crippen molar-refractivity contribution in [1.82, 2.24) is 0 Å². The molecule has 0 atom stereocenters. The molecule has 1 saturated heterocycles. The van der Waals surface area contributed by atoms with E-state index in [0.29, 0.717) is 12.8 Å². The maximum atomic E-state index is 12.4. The summed E-state index contributed by atoms with van der Waals surface area (Å²) in [5, 5.41) is 8.11. The van der Waals surface area contributed by atoms with Crippen LogP contribution in [0.25, 0.3) is 0 Å². The third-order valence-corrected chi connectivity index (χ3v) is 5.70. The first-order valence-corrected chi connectivity index (χ1v) is 10.7. The molecule has 1 fully saturated rings. The van der Waals surface area contributed by atoms with Gasteiger partial charge in [-0.3, -0.25) is 4.79 Å². The molecule has 0 unspecified atom stereocenters. The van der Waals surface area contributed by atoms with Crippen molar-refractivity contribution < 1.29 is 13.2 Å². The Morgan fingerprint density at radius 1 is 1.00 bits per heavy atom. The summed E-state index contributed by atoms with van der Waals surface area (Å²) in [5.74, 6) is -0.0602. The Kier molecular flexibility index (Phi) is 6.13. The van der Waals surface area contributed by atoms with Gasteiger partial charge in [0.25, 0.3) is 0 Å². The van der Waals surface area contributed by atoms with Crippen molar-refractivity contribution in [2.45, 2.75) is 37.0 Å². The maximum Gasteiger partial charge on any atom is 0.238 e. The van der Waals surface area contributed by atoms with Crippen LogP contribution in [0.15, 0.2) is 53.4 Å². The molecular formula is C20H25N3O3S. The van der Waals surface area contributed by atoms with E-state index in [1.165, 1.54) is 31.4 Å². The molecule has 1 amide bonds. The lowest BCUT2D eigenvalue weighted by Crippen LogP contribution is -2.30. The van der Waals surface area contributed by atoms with Gasteiger partial charge in [0.1, 0.15) is 0 Å². The third-order valence-electron chi connectivity index (χ3n) is 4.77. The Balaban J connectivity index is 1.60. The number of aryl methyl sites for hydroxylation is 1. The highest BCUT2D eigenvalue weighted by Crippen LogP contribution is 2.28. The second-order valence-electron chi connectivity index (χ2n) is 6.80. The van der Waals surface area contributed by atoms with Crippen LogP contribution < -0.4 is 15.4 Å². The number of nitrogens with zero attached hydrogens (tertiary/aromatic N) is 1. The van der Waals surface area contributed by atoms with Crippen LogP contribution in [0.3, 0.4) is 0 Å². The number of nitrogens with one attached hydrogen (secondary N) is 1. The number of benzene rings is 2. The molecule has 1 aliphatic rings. The van der Waals surface area contributed by atoms with Gasteiger partial charge >= 0.3 is 0 Å². The smallest absolute Gasteiger partial charge is 0.238 e. The number of primary sulfonamides is 1. The van der Waals surface area contributed by atoms with Gasteiger partial charge in [-0.1, -0.05) is 24.3 Å². The van der Waals surface area contributed by atoms with Gasteiger partial charge in [0.15, 0.2) is 0 Å². The fourth-order valence-electron chi connectivity index (χ4n) is 3.31. The lowest BCUT2D eigenvalue weighted by Gasteiger charge is -2.30. The van der Waals surface area contributed by atoms with Gasteiger partial charge in [0.2, 0.25) is 15.9 Å². The summed E-state index contributed by atoms with van der Waals surface area (Å²) in [6, 6.07) is 14.2. The Bertz CT molecular complexity index is 889. The number of para-hydroxylation sites is 2. The van der Waals surface area contributed by atoms with Crippen molar-refractivity contribution in [1.29, 1.82) is 0 Å². The molecule has 0 aromatic heterocycles. The molecule has 0 aliphatic carbocycles. The molecule has 0 spiro atoms. The fourth-order valence-corrected chi connectivity index (χ4v) is 3.82. The highest BCUT2D eigenvalue weighted by molar-refractivity contribution is 7.89. The van der Waals surface area contributed by atoms with Crippen LogP contribution in [0.4, 0.5) is 11.4 Å². The number of piperidine rings is 1. The second-order valence-corrected chi connectivity index (χ2v) is 8.36. The summed E-state index contributed by atoms with van der Waals surface area (Å²) in [6.07, 6.45) is 4.47. The van der Waals surface area contributed by atoms with Crippen LogP contribution in [0.2, 0.25) is 0 Å². The summed E-state index contributed by atoms with van der Waals surface area (Å²) in [6.45, 7) is 2.03. The van der Waals surface area contributed by atoms with Gasteiger partial charge in [0.05, 0.1) is 16.3 Å². The summed E-state index contributed by atoms with van der Waals surface area (Å²) < 4.78 is 22.6. The molecule has 2 aromatic carbocycles. The van der Waals surface area contributed by atoms with Crippen molar-refractivity contribution in [3.8, 4) is 0 Å². The summed E-state index contributed by atoms with van der Waals surface area (Å²) in [7, 11) is -3.69. The zero-order valence-corrected chi connectivity index (χ0v) is 16.0. The normalized spacial score (nSPS) is 14.8. The number of amides is 1. The van der Waals surface area contributed by atoms with E-state index in [4.69, 9.17) is 5.14 Å². The molecular weight excluding hydrogens is 362 g/mol. The van der Waals surface area contributed by atoms with E-state index in [-0.39, 0.29) is 10.8 Å². The average Bonchev–Trinajstić information content (AvgIpc) is 2.67. The van der Waals surface area contributed by atoms with Crippen molar-refractivity contribution >= 4 is 27.3 Å². The lowest BCUT2D eigenvalue weighted by molar-refractivity contribution is -0.116. The van der Waals surface area contributed by atoms with E-state index in [1.54, 1.807) is 12.1 Å². The minimum absolute atomic E-state index is 0.0602. The topological polar surface area (TPSA) is 92.5 Å². The number of carbonyl (C=O) groups excluding carboxylic acids is 1. The third kappa shape index (κ3) is 5.30. The van der Waals surface area contributed by atoms with Crippen molar-refractivity contribution in [3.05, 3.63) is 54.1 Å². The standard InChI is InChI=1S/C20H25N3O3S/c21-27(25,26)17-11-8-16(9-12-17)10-13-20(24)22-18-6-2-3-7-19(18)23-14-4-1-5-15-23/h2-3,6-9,11-12H,1,4-5,10,13-15H2,(H,22,24)(H2,21,25,26). The van der Waals surface area contributed by atoms with Gasteiger partial charge in [-0.2, -0.15) is 0 Å². The van der Waals surface area contributed by atoms with E-state index in [9.17, 15) is 13.2 Å². The zero-order chi connectivity index (χ0) is 19.3. The Morgan fingerprint density at radius 3 is 2.33 bits per heavy atom. The molecule has 1 heterocycles. The van der Waals surface area contributed by atoms with Gasteiger partial charge < -0.3 is 10.2 Å². The predicted molar refractivity (Wildman–Crippen MR) is 107 cm³/mol.